The van der Waals surface area contributed by atoms with Crippen molar-refractivity contribution in [3.63, 3.8) is 0 Å². The lowest BCUT2D eigenvalue weighted by atomic mass is 9.96. The van der Waals surface area contributed by atoms with Crippen molar-refractivity contribution in [1.82, 2.24) is 20.0 Å². The minimum absolute atomic E-state index is 0. The number of carbonyl (C=O) groups is 2. The van der Waals surface area contributed by atoms with Crippen molar-refractivity contribution >= 4 is 58.9 Å². The van der Waals surface area contributed by atoms with Crippen LogP contribution in [0.2, 0.25) is 0 Å². The first-order chi connectivity index (χ1) is 16.8. The number of para-hydroxylation sites is 1. The second-order valence-electron chi connectivity index (χ2n) is 9.82. The van der Waals surface area contributed by atoms with E-state index < -0.39 is 0 Å². The maximum atomic E-state index is 12.9. The van der Waals surface area contributed by atoms with Crippen molar-refractivity contribution < 1.29 is 9.59 Å². The lowest BCUT2D eigenvalue weighted by Gasteiger charge is -2.31. The molecule has 4 rings (SSSR count). The van der Waals surface area contributed by atoms with Crippen molar-refractivity contribution in [3.05, 3.63) is 54.2 Å². The zero-order chi connectivity index (χ0) is 24.9. The molecule has 2 heterocycles. The first-order valence-corrected chi connectivity index (χ1v) is 12.4. The zero-order valence-corrected chi connectivity index (χ0v) is 23.6. The van der Waals surface area contributed by atoms with E-state index in [-0.39, 0.29) is 42.7 Å². The van der Waals surface area contributed by atoms with Crippen LogP contribution in [0.15, 0.2) is 48.5 Å². The number of aromatic nitrogens is 2. The number of rotatable bonds is 8. The summed E-state index contributed by atoms with van der Waals surface area (Å²) in [5.41, 5.74) is 3.37. The molecular weight excluding hydrogens is 511 g/mol. The number of nitrogens with zero attached hydrogens (tertiary/aromatic N) is 4. The van der Waals surface area contributed by atoms with E-state index in [4.69, 9.17) is 0 Å². The van der Waals surface area contributed by atoms with Crippen LogP contribution >= 0.6 is 24.8 Å². The Morgan fingerprint density at radius 3 is 2.30 bits per heavy atom. The third-order valence-corrected chi connectivity index (χ3v) is 6.61. The van der Waals surface area contributed by atoms with E-state index in [0.717, 1.165) is 48.2 Å². The lowest BCUT2D eigenvalue weighted by Crippen LogP contribution is -2.42. The number of carbonyl (C=O) groups excluding carboxylic acids is 2. The van der Waals surface area contributed by atoms with Crippen LogP contribution in [0.3, 0.4) is 0 Å². The molecule has 0 aliphatic carbocycles. The molecule has 202 valence electrons. The molecule has 10 heteroatoms. The van der Waals surface area contributed by atoms with Gasteiger partial charge in [0, 0.05) is 43.4 Å². The first kappa shape index (κ1) is 30.4. The smallest absolute Gasteiger partial charge is 0.272 e. The van der Waals surface area contributed by atoms with Gasteiger partial charge in [-0.2, -0.15) is 5.10 Å². The third kappa shape index (κ3) is 7.60. The van der Waals surface area contributed by atoms with E-state index >= 15 is 0 Å². The maximum Gasteiger partial charge on any atom is 0.272 e. The second-order valence-corrected chi connectivity index (χ2v) is 9.82. The summed E-state index contributed by atoms with van der Waals surface area (Å²) < 4.78 is 1.91. The van der Waals surface area contributed by atoms with E-state index in [1.165, 1.54) is 0 Å². The molecule has 3 aromatic rings. The summed E-state index contributed by atoms with van der Waals surface area (Å²) in [6.45, 7) is 6.83. The van der Waals surface area contributed by atoms with E-state index in [1.807, 2.05) is 72.2 Å². The largest absolute Gasteiger partial charge is 0.378 e. The average molecular weight is 550 g/mol. The molecule has 1 aromatic heterocycles. The quantitative estimate of drug-likeness (QED) is 0.429. The van der Waals surface area contributed by atoms with Gasteiger partial charge in [0.2, 0.25) is 5.91 Å². The highest BCUT2D eigenvalue weighted by Crippen LogP contribution is 2.22. The van der Waals surface area contributed by atoms with Gasteiger partial charge in [0.05, 0.1) is 12.1 Å². The Kier molecular flexibility index (Phi) is 11.2. The van der Waals surface area contributed by atoms with Gasteiger partial charge in [-0.1, -0.05) is 18.2 Å². The highest BCUT2D eigenvalue weighted by Gasteiger charge is 2.23. The molecule has 1 aliphatic rings. The SMILES string of the molecule is CC(C)n1nc(C(=O)NCC2CCN(CC(=O)Nc3ccc(N(C)C)cc3)CC2)c2ccccc21.Cl.Cl. The molecule has 2 N–H and O–H groups in total. The number of amides is 2. The molecule has 1 aliphatic heterocycles. The number of halogens is 2. The second kappa shape index (κ2) is 13.7. The predicted molar refractivity (Wildman–Crippen MR) is 156 cm³/mol. The molecule has 8 nitrogen and oxygen atoms in total. The minimum Gasteiger partial charge on any atom is -0.378 e. The van der Waals surface area contributed by atoms with Crippen LogP contribution < -0.4 is 15.5 Å². The molecule has 2 amide bonds. The van der Waals surface area contributed by atoms with Crippen molar-refractivity contribution in [3.8, 4) is 0 Å². The fraction of sp³-hybridized carbons (Fsp3) is 0.444. The number of hydrogen-bond acceptors (Lipinski definition) is 5. The molecule has 0 bridgehead atoms. The summed E-state index contributed by atoms with van der Waals surface area (Å²) in [4.78, 5) is 29.6. The number of fused-ring (bicyclic) bond motifs is 1. The molecule has 0 radical (unpaired) electrons. The van der Waals surface area contributed by atoms with Crippen LogP contribution in [0, 0.1) is 5.92 Å². The molecule has 0 unspecified atom stereocenters. The van der Waals surface area contributed by atoms with Gasteiger partial charge in [0.15, 0.2) is 5.69 Å². The first-order valence-electron chi connectivity index (χ1n) is 12.4. The number of hydrogen-bond donors (Lipinski definition) is 2. The Morgan fingerprint density at radius 2 is 1.68 bits per heavy atom. The van der Waals surface area contributed by atoms with Gasteiger partial charge >= 0.3 is 0 Å². The summed E-state index contributed by atoms with van der Waals surface area (Å²) in [5, 5.41) is 11.6. The highest BCUT2D eigenvalue weighted by atomic mass is 35.5. The standard InChI is InChI=1S/C27H36N6O2.2ClH/c1-19(2)33-24-8-6-5-7-23(24)26(30-33)27(35)28-17-20-13-15-32(16-14-20)18-25(34)29-21-9-11-22(12-10-21)31(3)4;;/h5-12,19-20H,13-18H2,1-4H3,(H,28,35)(H,29,34);2*1H. The number of benzene rings is 2. The van der Waals surface area contributed by atoms with Gasteiger partial charge in [-0.05, 0) is 76.0 Å². The number of likely N-dealkylation sites (tertiary alicyclic amines) is 1. The van der Waals surface area contributed by atoms with Crippen molar-refractivity contribution in [1.29, 1.82) is 0 Å². The van der Waals surface area contributed by atoms with Gasteiger partial charge in [0.25, 0.3) is 5.91 Å². The van der Waals surface area contributed by atoms with Crippen LogP contribution in [-0.4, -0.2) is 66.8 Å². The number of nitrogens with one attached hydrogen (secondary N) is 2. The molecule has 1 saturated heterocycles. The Morgan fingerprint density at radius 1 is 1.03 bits per heavy atom. The van der Waals surface area contributed by atoms with Gasteiger partial charge < -0.3 is 15.5 Å². The Labute approximate surface area is 231 Å². The number of anilines is 2. The fourth-order valence-corrected chi connectivity index (χ4v) is 4.57. The maximum absolute atomic E-state index is 12.9. The van der Waals surface area contributed by atoms with Crippen LogP contribution in [0.1, 0.15) is 43.2 Å². The van der Waals surface area contributed by atoms with Gasteiger partial charge in [-0.15, -0.1) is 24.8 Å². The molecule has 37 heavy (non-hydrogen) atoms. The highest BCUT2D eigenvalue weighted by molar-refractivity contribution is 6.04. The number of piperidine rings is 1. The summed E-state index contributed by atoms with van der Waals surface area (Å²) in [5.74, 6) is 0.278. The van der Waals surface area contributed by atoms with E-state index in [1.54, 1.807) is 0 Å². The zero-order valence-electron chi connectivity index (χ0n) is 21.9. The van der Waals surface area contributed by atoms with Gasteiger partial charge in [-0.25, -0.2) is 0 Å². The molecule has 0 atom stereocenters. The summed E-state index contributed by atoms with van der Waals surface area (Å²) >= 11 is 0. The lowest BCUT2D eigenvalue weighted by molar-refractivity contribution is -0.117. The van der Waals surface area contributed by atoms with Crippen molar-refractivity contribution in [2.75, 3.05) is 50.5 Å². The Bertz CT molecular complexity index is 1170. The summed E-state index contributed by atoms with van der Waals surface area (Å²) in [7, 11) is 3.98. The Hall–Kier alpha value is -2.81. The topological polar surface area (TPSA) is 82.5 Å². The van der Waals surface area contributed by atoms with Crippen molar-refractivity contribution in [2.24, 2.45) is 5.92 Å². The molecule has 2 aromatic carbocycles. The Balaban J connectivity index is 0.00000241. The molecular formula is C27H38Cl2N6O2. The van der Waals surface area contributed by atoms with Gasteiger partial charge in [-0.3, -0.25) is 19.2 Å². The monoisotopic (exact) mass is 548 g/mol. The van der Waals surface area contributed by atoms with Crippen LogP contribution in [0.25, 0.3) is 10.9 Å². The van der Waals surface area contributed by atoms with E-state index in [9.17, 15) is 9.59 Å². The molecule has 1 fully saturated rings. The van der Waals surface area contributed by atoms with Crippen LogP contribution in [0.4, 0.5) is 11.4 Å². The fourth-order valence-electron chi connectivity index (χ4n) is 4.57. The van der Waals surface area contributed by atoms with E-state index in [0.29, 0.717) is 24.7 Å². The van der Waals surface area contributed by atoms with E-state index in [2.05, 4.69) is 34.5 Å². The molecule has 0 spiro atoms. The van der Waals surface area contributed by atoms with Crippen molar-refractivity contribution in [2.45, 2.75) is 32.7 Å². The third-order valence-electron chi connectivity index (χ3n) is 6.61. The normalized spacial score (nSPS) is 14.1. The molecule has 0 saturated carbocycles. The van der Waals surface area contributed by atoms with Crippen LogP contribution in [0.5, 0.6) is 0 Å². The average Bonchev–Trinajstić information content (AvgIpc) is 3.24. The predicted octanol–water partition coefficient (Wildman–Crippen LogP) is 4.61. The summed E-state index contributed by atoms with van der Waals surface area (Å²) in [6.07, 6.45) is 1.90. The minimum atomic E-state index is -0.123. The van der Waals surface area contributed by atoms with Gasteiger partial charge in [0.1, 0.15) is 0 Å². The van der Waals surface area contributed by atoms with Crippen LogP contribution in [-0.2, 0) is 4.79 Å². The summed E-state index contributed by atoms with van der Waals surface area (Å²) in [6, 6.07) is 15.9.